The molecule has 1 aromatic carbocycles. The van der Waals surface area contributed by atoms with Crippen LogP contribution in [0.2, 0.25) is 5.02 Å². The Morgan fingerprint density at radius 3 is 2.74 bits per heavy atom. The number of ether oxygens (including phenoxy) is 1. The van der Waals surface area contributed by atoms with Gasteiger partial charge in [-0.3, -0.25) is 0 Å². The van der Waals surface area contributed by atoms with Crippen LogP contribution in [0.5, 0.6) is 0 Å². The maximum absolute atomic E-state index is 12.5. The molecule has 6 nitrogen and oxygen atoms in total. The second-order valence-corrected chi connectivity index (χ2v) is 6.68. The number of benzene rings is 1. The molecule has 0 aliphatic carbocycles. The summed E-state index contributed by atoms with van der Waals surface area (Å²) in [5.41, 5.74) is 2.62. The lowest BCUT2D eigenvalue weighted by Crippen LogP contribution is -2.46. The summed E-state index contributed by atoms with van der Waals surface area (Å²) in [5, 5.41) is 3.44. The molecule has 1 atom stereocenters. The lowest BCUT2D eigenvalue weighted by molar-refractivity contribution is -0.139. The van der Waals surface area contributed by atoms with Gasteiger partial charge in [0.05, 0.1) is 12.2 Å². The Balaban J connectivity index is 2.04. The molecule has 7 heteroatoms. The number of nitrogens with one attached hydrogen (secondary N) is 1. The van der Waals surface area contributed by atoms with Crippen molar-refractivity contribution in [2.24, 2.45) is 0 Å². The first kappa shape index (κ1) is 19.0. The smallest absolute Gasteiger partial charge is 0.338 e. The monoisotopic (exact) mass is 388 g/mol. The highest BCUT2D eigenvalue weighted by Gasteiger charge is 2.36. The van der Waals surface area contributed by atoms with Crippen LogP contribution in [0.1, 0.15) is 31.2 Å². The summed E-state index contributed by atoms with van der Waals surface area (Å²) >= 11 is 6.20. The lowest BCUT2D eigenvalue weighted by atomic mass is 10.00. The zero-order valence-corrected chi connectivity index (χ0v) is 16.4. The van der Waals surface area contributed by atoms with Crippen LogP contribution in [-0.4, -0.2) is 30.6 Å². The third kappa shape index (κ3) is 3.45. The van der Waals surface area contributed by atoms with E-state index in [2.05, 4.69) is 5.32 Å². The lowest BCUT2D eigenvalue weighted by Gasteiger charge is -2.31. The van der Waals surface area contributed by atoms with E-state index in [0.29, 0.717) is 27.8 Å². The van der Waals surface area contributed by atoms with E-state index in [9.17, 15) is 9.59 Å². The normalized spacial score (nSPS) is 17.1. The molecule has 0 radical (unpaired) electrons. The third-order valence-electron chi connectivity index (χ3n) is 4.69. The molecule has 0 bridgehead atoms. The topological polar surface area (TPSA) is 71.8 Å². The number of halogens is 1. The summed E-state index contributed by atoms with van der Waals surface area (Å²) in [5.74, 6) is 0.580. The Morgan fingerprint density at radius 2 is 2.04 bits per heavy atom. The van der Waals surface area contributed by atoms with E-state index in [1.807, 2.05) is 25.1 Å². The minimum absolute atomic E-state index is 0.241. The average Bonchev–Trinajstić information content (AvgIpc) is 3.11. The van der Waals surface area contributed by atoms with Crippen molar-refractivity contribution in [1.82, 2.24) is 10.2 Å². The summed E-state index contributed by atoms with van der Waals surface area (Å²) in [7, 11) is 1.60. The number of rotatable bonds is 4. The van der Waals surface area contributed by atoms with Gasteiger partial charge in [0.15, 0.2) is 0 Å². The molecule has 0 saturated carbocycles. The van der Waals surface area contributed by atoms with Gasteiger partial charge in [-0.1, -0.05) is 23.7 Å². The molecular formula is C20H21ClN2O4. The van der Waals surface area contributed by atoms with Gasteiger partial charge in [0, 0.05) is 23.3 Å². The van der Waals surface area contributed by atoms with E-state index in [-0.39, 0.29) is 12.6 Å². The van der Waals surface area contributed by atoms with Gasteiger partial charge in [0.25, 0.3) is 0 Å². The Hall–Kier alpha value is -2.73. The van der Waals surface area contributed by atoms with Gasteiger partial charge in [0.2, 0.25) is 0 Å². The molecule has 0 unspecified atom stereocenters. The van der Waals surface area contributed by atoms with Gasteiger partial charge >= 0.3 is 12.0 Å². The first-order valence-electron chi connectivity index (χ1n) is 8.62. The van der Waals surface area contributed by atoms with Crippen molar-refractivity contribution in [3.8, 4) is 11.3 Å². The second-order valence-electron chi connectivity index (χ2n) is 6.28. The van der Waals surface area contributed by atoms with Crippen molar-refractivity contribution in [3.05, 3.63) is 57.9 Å². The zero-order valence-electron chi connectivity index (χ0n) is 15.6. The molecule has 1 aliphatic rings. The van der Waals surface area contributed by atoms with Crippen LogP contribution in [0, 0.1) is 6.92 Å². The van der Waals surface area contributed by atoms with E-state index in [4.69, 9.17) is 20.8 Å². The average molecular weight is 389 g/mol. The molecule has 3 rings (SSSR count). The zero-order chi connectivity index (χ0) is 19.7. The predicted octanol–water partition coefficient (Wildman–Crippen LogP) is 4.44. The van der Waals surface area contributed by atoms with Crippen molar-refractivity contribution in [3.63, 3.8) is 0 Å². The first-order valence-corrected chi connectivity index (χ1v) is 9.00. The van der Waals surface area contributed by atoms with Crippen molar-refractivity contribution in [2.75, 3.05) is 13.7 Å². The Kier molecular flexibility index (Phi) is 5.28. The molecule has 2 heterocycles. The summed E-state index contributed by atoms with van der Waals surface area (Å²) < 4.78 is 11.2. The SMILES string of the molecule is CCOC(=O)C1=C(C)N(C)C(=O)N[C@H]1c1ccc(-c2cccc(Cl)c2C)o1. The number of furan rings is 1. The van der Waals surface area contributed by atoms with Crippen LogP contribution < -0.4 is 5.32 Å². The maximum Gasteiger partial charge on any atom is 0.338 e. The highest BCUT2D eigenvalue weighted by Crippen LogP contribution is 2.35. The Labute approximate surface area is 162 Å². The fourth-order valence-electron chi connectivity index (χ4n) is 3.05. The number of carbonyl (C=O) groups excluding carboxylic acids is 2. The molecule has 27 heavy (non-hydrogen) atoms. The van der Waals surface area contributed by atoms with Crippen molar-refractivity contribution >= 4 is 23.6 Å². The summed E-state index contributed by atoms with van der Waals surface area (Å²) in [6.45, 7) is 5.60. The summed E-state index contributed by atoms with van der Waals surface area (Å²) in [6, 6.07) is 8.08. The molecule has 0 saturated heterocycles. The molecule has 2 amide bonds. The highest BCUT2D eigenvalue weighted by atomic mass is 35.5. The molecule has 2 aromatic rings. The Morgan fingerprint density at radius 1 is 1.30 bits per heavy atom. The van der Waals surface area contributed by atoms with Crippen molar-refractivity contribution in [2.45, 2.75) is 26.8 Å². The number of amides is 2. The summed E-state index contributed by atoms with van der Waals surface area (Å²) in [4.78, 5) is 26.1. The van der Waals surface area contributed by atoms with E-state index in [0.717, 1.165) is 11.1 Å². The number of urea groups is 1. The molecule has 142 valence electrons. The number of allylic oxidation sites excluding steroid dienone is 1. The number of hydrogen-bond acceptors (Lipinski definition) is 4. The minimum atomic E-state index is -0.721. The quantitative estimate of drug-likeness (QED) is 0.786. The molecule has 1 aromatic heterocycles. The first-order chi connectivity index (χ1) is 12.8. The second kappa shape index (κ2) is 7.48. The number of hydrogen-bond donors (Lipinski definition) is 1. The molecule has 0 fully saturated rings. The van der Waals surface area contributed by atoms with Gasteiger partial charge in [-0.25, -0.2) is 9.59 Å². The van der Waals surface area contributed by atoms with Crippen LogP contribution in [-0.2, 0) is 9.53 Å². The van der Waals surface area contributed by atoms with Crippen molar-refractivity contribution in [1.29, 1.82) is 0 Å². The largest absolute Gasteiger partial charge is 0.463 e. The van der Waals surface area contributed by atoms with Gasteiger partial charge in [-0.15, -0.1) is 0 Å². The van der Waals surface area contributed by atoms with E-state index >= 15 is 0 Å². The van der Waals surface area contributed by atoms with Gasteiger partial charge in [0.1, 0.15) is 17.6 Å². The van der Waals surface area contributed by atoms with Gasteiger partial charge in [-0.05, 0) is 44.5 Å². The van der Waals surface area contributed by atoms with E-state index in [1.165, 1.54) is 4.90 Å². The standard InChI is InChI=1S/C20H21ClN2O4/c1-5-26-19(24)17-12(3)23(4)20(25)22-18(17)16-10-9-15(27-16)13-7-6-8-14(21)11(13)2/h6-10,18H,5H2,1-4H3,(H,22,25)/t18-/m0/s1. The third-order valence-corrected chi connectivity index (χ3v) is 5.10. The van der Waals surface area contributed by atoms with Crippen LogP contribution in [0.3, 0.4) is 0 Å². The fraction of sp³-hybridized carbons (Fsp3) is 0.300. The van der Waals surface area contributed by atoms with Crippen molar-refractivity contribution < 1.29 is 18.7 Å². The van der Waals surface area contributed by atoms with Crippen LogP contribution >= 0.6 is 11.6 Å². The van der Waals surface area contributed by atoms with E-state index < -0.39 is 12.0 Å². The predicted molar refractivity (Wildman–Crippen MR) is 102 cm³/mol. The van der Waals surface area contributed by atoms with E-state index in [1.54, 1.807) is 33.0 Å². The van der Waals surface area contributed by atoms with Crippen LogP contribution in [0.15, 0.2) is 46.0 Å². The van der Waals surface area contributed by atoms with Crippen LogP contribution in [0.4, 0.5) is 4.79 Å². The number of esters is 1. The molecule has 1 N–H and O–H groups in total. The fourth-order valence-corrected chi connectivity index (χ4v) is 3.22. The molecular weight excluding hydrogens is 368 g/mol. The molecule has 1 aliphatic heterocycles. The molecule has 0 spiro atoms. The maximum atomic E-state index is 12.5. The van der Waals surface area contributed by atoms with Gasteiger partial charge in [-0.2, -0.15) is 0 Å². The minimum Gasteiger partial charge on any atom is -0.463 e. The highest BCUT2D eigenvalue weighted by molar-refractivity contribution is 6.31. The number of nitrogens with zero attached hydrogens (tertiary/aromatic N) is 1. The van der Waals surface area contributed by atoms with Gasteiger partial charge < -0.3 is 19.4 Å². The van der Waals surface area contributed by atoms with Crippen LogP contribution in [0.25, 0.3) is 11.3 Å². The Bertz CT molecular complexity index is 932. The summed E-state index contributed by atoms with van der Waals surface area (Å²) in [6.07, 6.45) is 0. The number of carbonyl (C=O) groups is 2.